The molecule has 0 aromatic heterocycles. The van der Waals surface area contributed by atoms with Crippen LogP contribution < -0.4 is 0 Å². The second-order valence-corrected chi connectivity index (χ2v) is 13.7. The molecule has 2 atom stereocenters. The quantitative estimate of drug-likeness (QED) is 0.180. The minimum atomic E-state index is -5.11. The van der Waals surface area contributed by atoms with Crippen LogP contribution in [0.1, 0.15) is 104 Å². The normalized spacial score (nSPS) is 20.8. The molecular formula is C37H45ClF6N2O5. The number of likely N-dealkylation sites (tertiary alicyclic amines) is 1. The van der Waals surface area contributed by atoms with E-state index in [1.54, 1.807) is 23.1 Å². The molecule has 1 aliphatic heterocycles. The molecule has 14 heteroatoms. The van der Waals surface area contributed by atoms with E-state index in [4.69, 9.17) is 9.47 Å². The van der Waals surface area contributed by atoms with E-state index >= 15 is 0 Å². The molecule has 2 aromatic rings. The Bertz CT molecular complexity index is 1400. The van der Waals surface area contributed by atoms with Gasteiger partial charge in [-0.3, -0.25) is 19.3 Å². The minimum Gasteiger partial charge on any atom is -0.461 e. The lowest BCUT2D eigenvalue weighted by molar-refractivity contribution is -0.157. The second kappa shape index (κ2) is 17.9. The lowest BCUT2D eigenvalue weighted by Gasteiger charge is -2.43. The topological polar surface area (TPSA) is 76.2 Å². The van der Waals surface area contributed by atoms with Crippen LogP contribution in [-0.2, 0) is 37.8 Å². The van der Waals surface area contributed by atoms with E-state index in [9.17, 15) is 40.7 Å². The summed E-state index contributed by atoms with van der Waals surface area (Å²) in [6.07, 6.45) is -0.900. The Hall–Kier alpha value is -3.32. The van der Waals surface area contributed by atoms with Gasteiger partial charge in [-0.15, -0.1) is 12.4 Å². The van der Waals surface area contributed by atoms with Gasteiger partial charge < -0.3 is 14.4 Å². The molecule has 3 aliphatic rings. The van der Waals surface area contributed by atoms with Crippen LogP contribution in [0.5, 0.6) is 0 Å². The SMILES string of the molecule is Cl.O=C(CN(CC(=O)OC1CCCCC1)[C@H]1CCN(C(=O)c2cc(C(F)(F)F)cc(C(F)(F)F)c2)[C@H](Cc2ccccc2)C1)OC1CCCCC1. The molecule has 2 aromatic carbocycles. The first kappa shape index (κ1) is 40.5. The number of benzene rings is 2. The minimum absolute atomic E-state index is 0. The molecule has 1 saturated heterocycles. The predicted octanol–water partition coefficient (Wildman–Crippen LogP) is 8.42. The van der Waals surface area contributed by atoms with Crippen LogP contribution in [0.3, 0.4) is 0 Å². The van der Waals surface area contributed by atoms with Crippen LogP contribution in [0.4, 0.5) is 26.3 Å². The zero-order chi connectivity index (χ0) is 35.9. The molecule has 2 aliphatic carbocycles. The van der Waals surface area contributed by atoms with Crippen molar-refractivity contribution in [3.63, 3.8) is 0 Å². The number of piperidine rings is 1. The number of alkyl halides is 6. The van der Waals surface area contributed by atoms with E-state index in [1.165, 1.54) is 4.90 Å². The van der Waals surface area contributed by atoms with E-state index < -0.39 is 59.0 Å². The van der Waals surface area contributed by atoms with Crippen molar-refractivity contribution >= 4 is 30.3 Å². The number of esters is 2. The van der Waals surface area contributed by atoms with Crippen LogP contribution in [0, 0.1) is 0 Å². The van der Waals surface area contributed by atoms with Crippen molar-refractivity contribution in [1.82, 2.24) is 9.80 Å². The lowest BCUT2D eigenvalue weighted by atomic mass is 9.90. The first-order valence-corrected chi connectivity index (χ1v) is 17.5. The summed E-state index contributed by atoms with van der Waals surface area (Å²) in [4.78, 5) is 43.3. The highest BCUT2D eigenvalue weighted by atomic mass is 35.5. The maximum Gasteiger partial charge on any atom is 0.416 e. The van der Waals surface area contributed by atoms with E-state index in [2.05, 4.69) is 0 Å². The molecule has 3 fully saturated rings. The lowest BCUT2D eigenvalue weighted by Crippen LogP contribution is -2.54. The van der Waals surface area contributed by atoms with Gasteiger partial charge in [0.2, 0.25) is 0 Å². The van der Waals surface area contributed by atoms with Crippen molar-refractivity contribution < 1.29 is 50.2 Å². The third-order valence-corrected chi connectivity index (χ3v) is 9.98. The van der Waals surface area contributed by atoms with Gasteiger partial charge in [-0.25, -0.2) is 0 Å². The van der Waals surface area contributed by atoms with Gasteiger partial charge in [-0.2, -0.15) is 26.3 Å². The molecule has 0 unspecified atom stereocenters. The Morgan fingerprint density at radius 3 is 1.67 bits per heavy atom. The Morgan fingerprint density at radius 2 is 1.20 bits per heavy atom. The van der Waals surface area contributed by atoms with Crippen LogP contribution in [0.2, 0.25) is 0 Å². The predicted molar refractivity (Wildman–Crippen MR) is 179 cm³/mol. The molecule has 1 amide bonds. The summed E-state index contributed by atoms with van der Waals surface area (Å²) in [7, 11) is 0. The molecule has 0 radical (unpaired) electrons. The molecule has 0 N–H and O–H groups in total. The largest absolute Gasteiger partial charge is 0.461 e. The first-order chi connectivity index (χ1) is 23.8. The Balaban J connectivity index is 0.00000583. The molecule has 2 saturated carbocycles. The van der Waals surface area contributed by atoms with Crippen LogP contribution in [0.15, 0.2) is 48.5 Å². The van der Waals surface area contributed by atoms with Crippen molar-refractivity contribution in [3.05, 3.63) is 70.8 Å². The van der Waals surface area contributed by atoms with Crippen LogP contribution >= 0.6 is 12.4 Å². The summed E-state index contributed by atoms with van der Waals surface area (Å²) in [6, 6.07) is 8.83. The smallest absolute Gasteiger partial charge is 0.416 e. The average Bonchev–Trinajstić information content (AvgIpc) is 3.08. The number of rotatable bonds is 10. The summed E-state index contributed by atoms with van der Waals surface area (Å²) in [6.45, 7) is -0.421. The van der Waals surface area contributed by atoms with Gasteiger partial charge in [0.25, 0.3) is 5.91 Å². The van der Waals surface area contributed by atoms with Gasteiger partial charge in [-0.1, -0.05) is 43.2 Å². The number of amides is 1. The van der Waals surface area contributed by atoms with Gasteiger partial charge in [0.1, 0.15) is 12.2 Å². The van der Waals surface area contributed by atoms with Crippen LogP contribution in [0.25, 0.3) is 0 Å². The third-order valence-electron chi connectivity index (χ3n) is 9.98. The molecule has 7 nitrogen and oxygen atoms in total. The summed E-state index contributed by atoms with van der Waals surface area (Å²) < 4.78 is 93.6. The van der Waals surface area contributed by atoms with E-state index in [1.807, 2.05) is 12.1 Å². The summed E-state index contributed by atoms with van der Waals surface area (Å²) >= 11 is 0. The highest BCUT2D eigenvalue weighted by Gasteiger charge is 2.40. The van der Waals surface area contributed by atoms with E-state index in [0.29, 0.717) is 12.1 Å². The van der Waals surface area contributed by atoms with Crippen molar-refractivity contribution in [3.8, 4) is 0 Å². The third kappa shape index (κ3) is 11.6. The summed E-state index contributed by atoms with van der Waals surface area (Å²) in [5.74, 6) is -1.92. The van der Waals surface area contributed by atoms with Gasteiger partial charge in [-0.05, 0) is 94.4 Å². The van der Waals surface area contributed by atoms with Crippen LogP contribution in [-0.4, -0.2) is 71.6 Å². The maximum atomic E-state index is 13.9. The highest BCUT2D eigenvalue weighted by Crippen LogP contribution is 2.37. The number of carbonyl (C=O) groups is 3. The highest BCUT2D eigenvalue weighted by molar-refractivity contribution is 5.95. The fraction of sp³-hybridized carbons (Fsp3) is 0.595. The average molecular weight is 747 g/mol. The van der Waals surface area contributed by atoms with Gasteiger partial charge in [0, 0.05) is 24.2 Å². The number of carbonyl (C=O) groups excluding carboxylic acids is 3. The molecule has 282 valence electrons. The maximum absolute atomic E-state index is 13.9. The van der Waals surface area contributed by atoms with Gasteiger partial charge in [0.05, 0.1) is 24.2 Å². The van der Waals surface area contributed by atoms with Crippen molar-refractivity contribution in [2.45, 2.75) is 120 Å². The fourth-order valence-electron chi connectivity index (χ4n) is 7.41. The number of ether oxygens (including phenoxy) is 2. The van der Waals surface area contributed by atoms with E-state index in [-0.39, 0.29) is 69.6 Å². The Morgan fingerprint density at radius 1 is 0.706 bits per heavy atom. The number of halogens is 7. The molecule has 0 spiro atoms. The van der Waals surface area contributed by atoms with Gasteiger partial charge in [0.15, 0.2) is 0 Å². The summed E-state index contributed by atoms with van der Waals surface area (Å²) in [5, 5.41) is 0. The molecule has 0 bridgehead atoms. The molecular weight excluding hydrogens is 702 g/mol. The zero-order valence-corrected chi connectivity index (χ0v) is 29.2. The van der Waals surface area contributed by atoms with Crippen molar-refractivity contribution in [1.29, 1.82) is 0 Å². The van der Waals surface area contributed by atoms with Crippen molar-refractivity contribution in [2.24, 2.45) is 0 Å². The Labute approximate surface area is 300 Å². The molecule has 5 rings (SSSR count). The molecule has 51 heavy (non-hydrogen) atoms. The van der Waals surface area contributed by atoms with E-state index in [0.717, 1.165) is 69.8 Å². The van der Waals surface area contributed by atoms with Gasteiger partial charge >= 0.3 is 24.3 Å². The standard InChI is InChI=1S/C37H44F6N2O5.ClH/c38-36(39,40)27-19-26(20-28(21-27)37(41,42)43)35(48)45-17-16-29(22-30(45)18-25-10-4-1-5-11-25)44(23-33(46)49-31-12-6-2-7-13-31)24-34(47)50-32-14-8-3-9-15-32;/h1,4-5,10-11,19-21,29-32H,2-3,6-9,12-18,22-24H2;1H/t29-,30+;/m0./s1. The number of hydrogen-bond donors (Lipinski definition) is 0. The second-order valence-electron chi connectivity index (χ2n) is 13.7. The number of nitrogens with zero attached hydrogens (tertiary/aromatic N) is 2. The Kier molecular flexibility index (Phi) is 14.2. The zero-order valence-electron chi connectivity index (χ0n) is 28.4. The monoisotopic (exact) mass is 746 g/mol. The fourth-order valence-corrected chi connectivity index (χ4v) is 7.41. The van der Waals surface area contributed by atoms with Crippen molar-refractivity contribution in [2.75, 3.05) is 19.6 Å². The first-order valence-electron chi connectivity index (χ1n) is 17.5. The molecule has 1 heterocycles. The number of hydrogen-bond acceptors (Lipinski definition) is 6. The summed E-state index contributed by atoms with van der Waals surface area (Å²) in [5.41, 5.74) is -3.04.